The summed E-state index contributed by atoms with van der Waals surface area (Å²) in [6, 6.07) is 2.82. The Labute approximate surface area is 136 Å². The fourth-order valence-electron chi connectivity index (χ4n) is 2.35. The monoisotopic (exact) mass is 395 g/mol. The molecular weight excluding hydrogens is 382 g/mol. The number of halogens is 2. The molecule has 0 saturated carbocycles. The molecular formula is C13H15BrClNO4S. The molecule has 1 aliphatic heterocycles. The average molecular weight is 397 g/mol. The van der Waals surface area contributed by atoms with Gasteiger partial charge in [-0.05, 0) is 47.3 Å². The van der Waals surface area contributed by atoms with E-state index in [4.69, 9.17) is 15.4 Å². The van der Waals surface area contributed by atoms with Crippen LogP contribution in [-0.2, 0) is 9.05 Å². The van der Waals surface area contributed by atoms with E-state index in [9.17, 15) is 13.2 Å². The highest BCUT2D eigenvalue weighted by molar-refractivity contribution is 9.10. The quantitative estimate of drug-likeness (QED) is 0.737. The Morgan fingerprint density at radius 1 is 1.29 bits per heavy atom. The Morgan fingerprint density at radius 2 is 1.90 bits per heavy atom. The molecule has 0 bridgehead atoms. The number of piperidine rings is 1. The van der Waals surface area contributed by atoms with Gasteiger partial charge in [-0.15, -0.1) is 0 Å². The first-order valence-corrected chi connectivity index (χ1v) is 9.56. The van der Waals surface area contributed by atoms with E-state index in [-0.39, 0.29) is 22.1 Å². The fraction of sp³-hybridized carbons (Fsp3) is 0.462. The molecule has 1 aliphatic rings. The summed E-state index contributed by atoms with van der Waals surface area (Å²) >= 11 is 3.22. The maximum Gasteiger partial charge on any atom is 0.265 e. The summed E-state index contributed by atoms with van der Waals surface area (Å²) in [4.78, 5) is 14.0. The van der Waals surface area contributed by atoms with E-state index in [1.807, 2.05) is 0 Å². The van der Waals surface area contributed by atoms with Crippen LogP contribution in [0.25, 0.3) is 0 Å². The smallest absolute Gasteiger partial charge is 0.265 e. The highest BCUT2D eigenvalue weighted by Gasteiger charge is 2.25. The molecule has 0 N–H and O–H groups in total. The van der Waals surface area contributed by atoms with Gasteiger partial charge in [-0.2, -0.15) is 0 Å². The first-order valence-electron chi connectivity index (χ1n) is 6.46. The first-order chi connectivity index (χ1) is 9.84. The largest absolute Gasteiger partial charge is 0.494 e. The van der Waals surface area contributed by atoms with Gasteiger partial charge in [0.2, 0.25) is 0 Å². The van der Waals surface area contributed by atoms with Crippen LogP contribution in [0.2, 0.25) is 0 Å². The minimum Gasteiger partial charge on any atom is -0.494 e. The molecule has 0 aliphatic carbocycles. The molecule has 0 aromatic heterocycles. The minimum atomic E-state index is -4.01. The van der Waals surface area contributed by atoms with Gasteiger partial charge in [-0.1, -0.05) is 0 Å². The van der Waals surface area contributed by atoms with Crippen LogP contribution >= 0.6 is 26.6 Å². The molecule has 0 atom stereocenters. The molecule has 21 heavy (non-hydrogen) atoms. The molecule has 0 unspecified atom stereocenters. The molecule has 5 nitrogen and oxygen atoms in total. The van der Waals surface area contributed by atoms with E-state index < -0.39 is 9.05 Å². The fourth-order valence-corrected chi connectivity index (χ4v) is 4.13. The van der Waals surface area contributed by atoms with Crippen molar-refractivity contribution in [3.8, 4) is 5.75 Å². The van der Waals surface area contributed by atoms with Crippen LogP contribution in [0.3, 0.4) is 0 Å². The Balaban J connectivity index is 2.45. The number of amides is 1. The third kappa shape index (κ3) is 3.70. The van der Waals surface area contributed by atoms with Crippen molar-refractivity contribution in [1.82, 2.24) is 4.90 Å². The molecule has 1 amide bonds. The molecule has 116 valence electrons. The number of benzene rings is 1. The third-order valence-corrected chi connectivity index (χ3v) is 5.28. The lowest BCUT2D eigenvalue weighted by Gasteiger charge is -2.27. The number of ether oxygens (including phenoxy) is 1. The highest BCUT2D eigenvalue weighted by Crippen LogP contribution is 2.36. The minimum absolute atomic E-state index is 0.0974. The van der Waals surface area contributed by atoms with Crippen molar-refractivity contribution in [2.45, 2.75) is 24.2 Å². The summed E-state index contributed by atoms with van der Waals surface area (Å²) in [6.07, 6.45) is 3.03. The summed E-state index contributed by atoms with van der Waals surface area (Å²) < 4.78 is 28.7. The second-order valence-electron chi connectivity index (χ2n) is 4.78. The molecule has 8 heteroatoms. The Hall–Kier alpha value is -0.790. The zero-order valence-corrected chi connectivity index (χ0v) is 14.6. The Bertz CT molecular complexity index is 656. The van der Waals surface area contributed by atoms with E-state index in [0.717, 1.165) is 19.3 Å². The third-order valence-electron chi connectivity index (χ3n) is 3.37. The van der Waals surface area contributed by atoms with Gasteiger partial charge in [0.25, 0.3) is 15.0 Å². The van der Waals surface area contributed by atoms with Crippen molar-refractivity contribution in [1.29, 1.82) is 0 Å². The van der Waals surface area contributed by atoms with Gasteiger partial charge < -0.3 is 9.64 Å². The van der Waals surface area contributed by atoms with Crippen molar-refractivity contribution in [3.05, 3.63) is 22.2 Å². The topological polar surface area (TPSA) is 63.7 Å². The van der Waals surface area contributed by atoms with Crippen molar-refractivity contribution >= 4 is 41.6 Å². The number of nitrogens with zero attached hydrogens (tertiary/aromatic N) is 1. The van der Waals surface area contributed by atoms with Crippen molar-refractivity contribution in [2.75, 3.05) is 20.2 Å². The van der Waals surface area contributed by atoms with E-state index in [2.05, 4.69) is 15.9 Å². The van der Waals surface area contributed by atoms with E-state index in [1.165, 1.54) is 13.2 Å². The number of likely N-dealkylation sites (tertiary alicyclic amines) is 1. The van der Waals surface area contributed by atoms with Crippen molar-refractivity contribution in [3.63, 3.8) is 0 Å². The van der Waals surface area contributed by atoms with Gasteiger partial charge in [0, 0.05) is 29.3 Å². The van der Waals surface area contributed by atoms with Gasteiger partial charge in [-0.3, -0.25) is 4.79 Å². The lowest BCUT2D eigenvalue weighted by molar-refractivity contribution is 0.0724. The molecule has 1 aromatic carbocycles. The van der Waals surface area contributed by atoms with Gasteiger partial charge >= 0.3 is 0 Å². The first kappa shape index (κ1) is 16.6. The van der Waals surface area contributed by atoms with Crippen LogP contribution in [0.15, 0.2) is 21.5 Å². The van der Waals surface area contributed by atoms with Crippen LogP contribution in [0.5, 0.6) is 5.75 Å². The highest BCUT2D eigenvalue weighted by atomic mass is 79.9. The Morgan fingerprint density at radius 3 is 2.43 bits per heavy atom. The normalized spacial score (nSPS) is 15.9. The average Bonchev–Trinajstić information content (AvgIpc) is 2.45. The van der Waals surface area contributed by atoms with Crippen LogP contribution in [-0.4, -0.2) is 39.4 Å². The second kappa shape index (κ2) is 6.54. The lowest BCUT2D eigenvalue weighted by atomic mass is 10.1. The number of methoxy groups -OCH3 is 1. The summed E-state index contributed by atoms with van der Waals surface area (Å²) in [5, 5.41) is 0. The summed E-state index contributed by atoms with van der Waals surface area (Å²) in [7, 11) is 2.76. The Kier molecular flexibility index (Phi) is 5.16. The molecule has 0 spiro atoms. The second-order valence-corrected chi connectivity index (χ2v) is 8.17. The van der Waals surface area contributed by atoms with Gasteiger partial charge in [0.15, 0.2) is 5.75 Å². The van der Waals surface area contributed by atoms with Gasteiger partial charge in [0.05, 0.1) is 11.6 Å². The van der Waals surface area contributed by atoms with E-state index >= 15 is 0 Å². The standard InChI is InChI=1S/C13H15BrClNO4S/c1-20-12-10(14)7-9(8-11(12)21(15,18)19)13(17)16-5-3-2-4-6-16/h7-8H,2-6H2,1H3. The van der Waals surface area contributed by atoms with E-state index in [0.29, 0.717) is 17.6 Å². The number of carbonyl (C=O) groups excluding carboxylic acids is 1. The van der Waals surface area contributed by atoms with Crippen LogP contribution in [0, 0.1) is 0 Å². The zero-order chi connectivity index (χ0) is 15.6. The molecule has 1 heterocycles. The molecule has 0 radical (unpaired) electrons. The van der Waals surface area contributed by atoms with Crippen LogP contribution < -0.4 is 4.74 Å². The summed E-state index contributed by atoms with van der Waals surface area (Å²) in [5.74, 6) is -0.0974. The van der Waals surface area contributed by atoms with Gasteiger partial charge in [-0.25, -0.2) is 8.42 Å². The van der Waals surface area contributed by atoms with Crippen LogP contribution in [0.4, 0.5) is 0 Å². The van der Waals surface area contributed by atoms with Gasteiger partial charge in [0.1, 0.15) is 4.90 Å². The lowest BCUT2D eigenvalue weighted by Crippen LogP contribution is -2.35. The SMILES string of the molecule is COc1c(Br)cc(C(=O)N2CCCCC2)cc1S(=O)(=O)Cl. The molecule has 2 rings (SSSR count). The number of carbonyl (C=O) groups is 1. The van der Waals surface area contributed by atoms with E-state index in [1.54, 1.807) is 11.0 Å². The molecule has 1 saturated heterocycles. The maximum atomic E-state index is 12.5. The summed E-state index contributed by atoms with van der Waals surface area (Å²) in [6.45, 7) is 1.37. The predicted molar refractivity (Wildman–Crippen MR) is 83.5 cm³/mol. The van der Waals surface area contributed by atoms with Crippen LogP contribution in [0.1, 0.15) is 29.6 Å². The maximum absolute atomic E-state index is 12.5. The van der Waals surface area contributed by atoms with Crippen molar-refractivity contribution in [2.24, 2.45) is 0 Å². The molecule has 1 fully saturated rings. The zero-order valence-electron chi connectivity index (χ0n) is 11.4. The summed E-state index contributed by atoms with van der Waals surface area (Å²) in [5.41, 5.74) is 0.281. The van der Waals surface area contributed by atoms with Crippen molar-refractivity contribution < 1.29 is 17.9 Å². The number of hydrogen-bond acceptors (Lipinski definition) is 4. The number of rotatable bonds is 3. The molecule has 1 aromatic rings. The predicted octanol–water partition coefficient (Wildman–Crippen LogP) is 3.01. The number of hydrogen-bond donors (Lipinski definition) is 0.